The molecule has 1 atom stereocenters. The van der Waals surface area contributed by atoms with Gasteiger partial charge in [0.2, 0.25) is 5.91 Å². The van der Waals surface area contributed by atoms with Crippen molar-refractivity contribution in [2.75, 3.05) is 10.0 Å². The molecular formula is C23H22ClN3O4S. The average molecular weight is 472 g/mol. The van der Waals surface area contributed by atoms with Gasteiger partial charge in [-0.15, -0.1) is 0 Å². The van der Waals surface area contributed by atoms with E-state index in [1.807, 2.05) is 6.07 Å². The van der Waals surface area contributed by atoms with Gasteiger partial charge in [0.15, 0.2) is 0 Å². The van der Waals surface area contributed by atoms with Crippen molar-refractivity contribution >= 4 is 44.8 Å². The van der Waals surface area contributed by atoms with Crippen molar-refractivity contribution in [1.29, 1.82) is 0 Å². The summed E-state index contributed by atoms with van der Waals surface area (Å²) in [6.45, 7) is 3.21. The summed E-state index contributed by atoms with van der Waals surface area (Å²) in [5.41, 5.74) is 1.84. The first-order chi connectivity index (χ1) is 15.2. The van der Waals surface area contributed by atoms with Crippen LogP contribution in [-0.4, -0.2) is 20.2 Å². The maximum absolute atomic E-state index is 12.8. The smallest absolute Gasteiger partial charge is 0.261 e. The number of carbonyl (C=O) groups is 2. The van der Waals surface area contributed by atoms with Crippen molar-refractivity contribution in [3.63, 3.8) is 0 Å². The Balaban J connectivity index is 1.76. The lowest BCUT2D eigenvalue weighted by Crippen LogP contribution is -2.27. The number of rotatable bonds is 7. The highest BCUT2D eigenvalue weighted by Crippen LogP contribution is 2.24. The first kappa shape index (κ1) is 23.3. The quantitative estimate of drug-likeness (QED) is 0.468. The van der Waals surface area contributed by atoms with Crippen LogP contribution in [0.4, 0.5) is 11.4 Å². The molecule has 166 valence electrons. The molecule has 9 heteroatoms. The molecule has 0 radical (unpaired) electrons. The third-order valence-electron chi connectivity index (χ3n) is 4.58. The molecule has 0 bridgehead atoms. The number of carbonyl (C=O) groups excluding carboxylic acids is 2. The van der Waals surface area contributed by atoms with Crippen LogP contribution >= 0.6 is 11.6 Å². The number of hydrogen-bond acceptors (Lipinski definition) is 4. The normalized spacial score (nSPS) is 12.0. The summed E-state index contributed by atoms with van der Waals surface area (Å²) in [7, 11) is -3.94. The monoisotopic (exact) mass is 471 g/mol. The molecule has 0 aliphatic rings. The van der Waals surface area contributed by atoms with E-state index >= 15 is 0 Å². The van der Waals surface area contributed by atoms with E-state index in [1.54, 1.807) is 49.4 Å². The Kier molecular flexibility index (Phi) is 7.17. The zero-order valence-corrected chi connectivity index (χ0v) is 19.0. The zero-order chi connectivity index (χ0) is 23.3. The molecule has 0 fully saturated rings. The molecule has 1 unspecified atom stereocenters. The molecule has 3 aromatic carbocycles. The van der Waals surface area contributed by atoms with Gasteiger partial charge in [-0.3, -0.25) is 14.3 Å². The minimum absolute atomic E-state index is 0.0645. The molecule has 0 heterocycles. The minimum atomic E-state index is -3.94. The number of sulfonamides is 1. The summed E-state index contributed by atoms with van der Waals surface area (Å²) < 4.78 is 28.0. The van der Waals surface area contributed by atoms with E-state index in [0.29, 0.717) is 5.69 Å². The van der Waals surface area contributed by atoms with Crippen LogP contribution in [0.3, 0.4) is 0 Å². The second-order valence-electron chi connectivity index (χ2n) is 7.11. The lowest BCUT2D eigenvalue weighted by atomic mass is 10.1. The molecule has 3 N–H and O–H groups in total. The summed E-state index contributed by atoms with van der Waals surface area (Å²) in [6, 6.07) is 18.9. The van der Waals surface area contributed by atoms with Crippen molar-refractivity contribution in [3.05, 3.63) is 88.9 Å². The zero-order valence-electron chi connectivity index (χ0n) is 17.4. The van der Waals surface area contributed by atoms with Crippen LogP contribution in [0.25, 0.3) is 0 Å². The van der Waals surface area contributed by atoms with Gasteiger partial charge in [-0.25, -0.2) is 8.42 Å². The molecule has 0 saturated heterocycles. The van der Waals surface area contributed by atoms with Gasteiger partial charge < -0.3 is 10.6 Å². The third-order valence-corrected chi connectivity index (χ3v) is 6.27. The number of anilines is 2. The van der Waals surface area contributed by atoms with Gasteiger partial charge in [-0.2, -0.15) is 0 Å². The highest BCUT2D eigenvalue weighted by atomic mass is 35.5. The molecule has 0 aromatic heterocycles. The fraction of sp³-hybridized carbons (Fsp3) is 0.130. The second kappa shape index (κ2) is 9.84. The van der Waals surface area contributed by atoms with Crippen LogP contribution in [0.2, 0.25) is 5.02 Å². The van der Waals surface area contributed by atoms with Gasteiger partial charge in [0.25, 0.3) is 15.9 Å². The predicted molar refractivity (Wildman–Crippen MR) is 125 cm³/mol. The molecular weight excluding hydrogens is 450 g/mol. The summed E-state index contributed by atoms with van der Waals surface area (Å²) in [5.74, 6) is -0.625. The first-order valence-corrected chi connectivity index (χ1v) is 11.6. The van der Waals surface area contributed by atoms with Gasteiger partial charge in [-0.05, 0) is 55.0 Å². The molecule has 3 rings (SSSR count). The predicted octanol–water partition coefficient (Wildman–Crippen LogP) is 4.59. The number of nitrogens with one attached hydrogen (secondary N) is 3. The van der Waals surface area contributed by atoms with Gasteiger partial charge in [-0.1, -0.05) is 41.9 Å². The van der Waals surface area contributed by atoms with Crippen molar-refractivity contribution in [2.24, 2.45) is 0 Å². The van der Waals surface area contributed by atoms with E-state index in [4.69, 9.17) is 11.6 Å². The molecule has 7 nitrogen and oxygen atoms in total. The Morgan fingerprint density at radius 1 is 0.938 bits per heavy atom. The molecule has 0 aliphatic heterocycles. The second-order valence-corrected chi connectivity index (χ2v) is 9.20. The van der Waals surface area contributed by atoms with Crippen molar-refractivity contribution < 1.29 is 18.0 Å². The van der Waals surface area contributed by atoms with E-state index in [1.165, 1.54) is 31.2 Å². The fourth-order valence-corrected chi connectivity index (χ4v) is 4.37. The van der Waals surface area contributed by atoms with Gasteiger partial charge in [0.05, 0.1) is 21.6 Å². The summed E-state index contributed by atoms with van der Waals surface area (Å²) in [5, 5.41) is 5.80. The Morgan fingerprint density at radius 3 is 2.38 bits per heavy atom. The average Bonchev–Trinajstić information content (AvgIpc) is 2.75. The van der Waals surface area contributed by atoms with Crippen LogP contribution in [0, 0.1) is 0 Å². The first-order valence-electron chi connectivity index (χ1n) is 9.71. The van der Waals surface area contributed by atoms with Gasteiger partial charge in [0.1, 0.15) is 0 Å². The standard InChI is InChI=1S/C23H22ClN3O4S/c1-15(17-7-5-9-19(13-17)26-16(2)28)25-23(29)18-8-6-10-20(14-18)32(30,31)27-22-12-4-3-11-21(22)24/h3-15,27H,1-2H3,(H,25,29)(H,26,28). The number of amides is 2. The lowest BCUT2D eigenvalue weighted by molar-refractivity contribution is -0.114. The molecule has 0 saturated carbocycles. The Morgan fingerprint density at radius 2 is 1.66 bits per heavy atom. The van der Waals surface area contributed by atoms with Crippen molar-refractivity contribution in [1.82, 2.24) is 5.32 Å². The van der Waals surface area contributed by atoms with Crippen molar-refractivity contribution in [3.8, 4) is 0 Å². The molecule has 0 spiro atoms. The molecule has 32 heavy (non-hydrogen) atoms. The highest BCUT2D eigenvalue weighted by molar-refractivity contribution is 7.92. The Labute approximate surface area is 191 Å². The van der Waals surface area contributed by atoms with Crippen LogP contribution in [0.5, 0.6) is 0 Å². The lowest BCUT2D eigenvalue weighted by Gasteiger charge is -2.16. The van der Waals surface area contributed by atoms with E-state index < -0.39 is 15.9 Å². The topological polar surface area (TPSA) is 104 Å². The summed E-state index contributed by atoms with van der Waals surface area (Å²) in [6.07, 6.45) is 0. The van der Waals surface area contributed by atoms with Crippen LogP contribution in [0.1, 0.15) is 35.8 Å². The van der Waals surface area contributed by atoms with E-state index in [0.717, 1.165) is 5.56 Å². The van der Waals surface area contributed by atoms with Crippen LogP contribution in [0.15, 0.2) is 77.7 Å². The van der Waals surface area contributed by atoms with Crippen molar-refractivity contribution in [2.45, 2.75) is 24.8 Å². The summed E-state index contributed by atoms with van der Waals surface area (Å²) in [4.78, 5) is 24.0. The van der Waals surface area contributed by atoms with E-state index in [2.05, 4.69) is 15.4 Å². The SMILES string of the molecule is CC(=O)Nc1cccc(C(C)NC(=O)c2cccc(S(=O)(=O)Nc3ccccc3Cl)c2)c1. The molecule has 0 aliphatic carbocycles. The maximum atomic E-state index is 12.8. The number of hydrogen-bond donors (Lipinski definition) is 3. The fourth-order valence-electron chi connectivity index (χ4n) is 3.00. The van der Waals surface area contributed by atoms with Gasteiger partial charge >= 0.3 is 0 Å². The van der Waals surface area contributed by atoms with Crippen LogP contribution in [-0.2, 0) is 14.8 Å². The van der Waals surface area contributed by atoms with E-state index in [-0.39, 0.29) is 33.1 Å². The van der Waals surface area contributed by atoms with E-state index in [9.17, 15) is 18.0 Å². The Hall–Kier alpha value is -3.36. The minimum Gasteiger partial charge on any atom is -0.346 e. The number of benzene rings is 3. The Bertz CT molecular complexity index is 1260. The molecule has 3 aromatic rings. The van der Waals surface area contributed by atoms with Gasteiger partial charge in [0, 0.05) is 18.2 Å². The highest BCUT2D eigenvalue weighted by Gasteiger charge is 2.19. The van der Waals surface area contributed by atoms with Crippen LogP contribution < -0.4 is 15.4 Å². The maximum Gasteiger partial charge on any atom is 0.261 e. The summed E-state index contributed by atoms with van der Waals surface area (Å²) >= 11 is 6.04. The molecule has 2 amide bonds. The number of halogens is 1. The largest absolute Gasteiger partial charge is 0.346 e. The number of para-hydroxylation sites is 1. The third kappa shape index (κ3) is 5.87.